The van der Waals surface area contributed by atoms with Crippen LogP contribution in [-0.4, -0.2) is 29.9 Å². The van der Waals surface area contributed by atoms with Gasteiger partial charge in [-0.25, -0.2) is 4.79 Å². The molecular formula is C12H16O4S. The van der Waals surface area contributed by atoms with Gasteiger partial charge in [0.05, 0.1) is 12.2 Å². The average molecular weight is 256 g/mol. The molecule has 0 bridgehead atoms. The second-order valence-electron chi connectivity index (χ2n) is 4.31. The number of aromatic carboxylic acids is 1. The smallest absolute Gasteiger partial charge is 0.349 e. The molecule has 2 atom stereocenters. The summed E-state index contributed by atoms with van der Waals surface area (Å²) in [6.45, 7) is 4.34. The van der Waals surface area contributed by atoms with Gasteiger partial charge in [0.1, 0.15) is 12.4 Å². The molecule has 1 aromatic heterocycles. The Labute approximate surface area is 104 Å². The van der Waals surface area contributed by atoms with E-state index in [1.807, 2.05) is 13.8 Å². The largest absolute Gasteiger partial charge is 0.489 e. The third kappa shape index (κ3) is 2.98. The Balaban J connectivity index is 1.96. The maximum Gasteiger partial charge on any atom is 0.349 e. The fraction of sp³-hybridized carbons (Fsp3) is 0.583. The number of carbonyl (C=O) groups is 1. The van der Waals surface area contributed by atoms with Crippen LogP contribution in [0.1, 0.15) is 34.3 Å². The van der Waals surface area contributed by atoms with Crippen molar-refractivity contribution in [2.45, 2.75) is 38.9 Å². The van der Waals surface area contributed by atoms with E-state index in [0.717, 1.165) is 17.7 Å². The lowest BCUT2D eigenvalue weighted by atomic mass is 10.2. The van der Waals surface area contributed by atoms with Gasteiger partial charge in [-0.05, 0) is 32.8 Å². The van der Waals surface area contributed by atoms with Crippen molar-refractivity contribution < 1.29 is 19.4 Å². The summed E-state index contributed by atoms with van der Waals surface area (Å²) in [5.74, 6) is -0.470. The monoisotopic (exact) mass is 256 g/mol. The summed E-state index contributed by atoms with van der Waals surface area (Å²) in [5, 5.41) is 9.01. The molecule has 0 radical (unpaired) electrons. The number of aryl methyl sites for hydroxylation is 1. The molecular weight excluding hydrogens is 240 g/mol. The first-order chi connectivity index (χ1) is 8.06. The van der Waals surface area contributed by atoms with Gasteiger partial charge in [-0.1, -0.05) is 0 Å². The molecule has 0 spiro atoms. The summed E-state index contributed by atoms with van der Waals surface area (Å²) in [7, 11) is 0. The number of ether oxygens (including phenoxy) is 2. The number of rotatable bonds is 4. The maximum atomic E-state index is 11.0. The molecule has 2 heterocycles. The summed E-state index contributed by atoms with van der Waals surface area (Å²) in [6.07, 6.45) is 2.40. The summed E-state index contributed by atoms with van der Waals surface area (Å²) < 4.78 is 11.2. The Kier molecular flexibility index (Phi) is 3.69. The Bertz CT molecular complexity index is 413. The SMILES string of the molecule is Cc1cc(OCC2CCC(C)O2)c(C(=O)O)s1. The second-order valence-corrected chi connectivity index (χ2v) is 5.57. The van der Waals surface area contributed by atoms with Crippen LogP contribution in [0.15, 0.2) is 6.07 Å². The van der Waals surface area contributed by atoms with E-state index in [1.165, 1.54) is 11.3 Å². The normalized spacial score (nSPS) is 23.9. The lowest BCUT2D eigenvalue weighted by Gasteiger charge is -2.12. The van der Waals surface area contributed by atoms with Crippen LogP contribution in [0.4, 0.5) is 0 Å². The van der Waals surface area contributed by atoms with Gasteiger partial charge in [-0.15, -0.1) is 11.3 Å². The van der Waals surface area contributed by atoms with Crippen molar-refractivity contribution in [3.63, 3.8) is 0 Å². The molecule has 1 aromatic rings. The molecule has 0 saturated carbocycles. The highest BCUT2D eigenvalue weighted by molar-refractivity contribution is 7.14. The lowest BCUT2D eigenvalue weighted by molar-refractivity contribution is 0.0260. The van der Waals surface area contributed by atoms with Crippen molar-refractivity contribution in [2.75, 3.05) is 6.61 Å². The van der Waals surface area contributed by atoms with Crippen LogP contribution in [0.25, 0.3) is 0 Å². The third-order valence-corrected chi connectivity index (χ3v) is 3.78. The Morgan fingerprint density at radius 1 is 1.65 bits per heavy atom. The molecule has 1 fully saturated rings. The summed E-state index contributed by atoms with van der Waals surface area (Å²) in [4.78, 5) is 12.2. The first-order valence-electron chi connectivity index (χ1n) is 5.68. The van der Waals surface area contributed by atoms with Gasteiger partial charge in [-0.3, -0.25) is 0 Å². The van der Waals surface area contributed by atoms with Gasteiger partial charge in [0.2, 0.25) is 0 Å². The van der Waals surface area contributed by atoms with E-state index in [9.17, 15) is 4.79 Å². The summed E-state index contributed by atoms with van der Waals surface area (Å²) in [6, 6.07) is 1.77. The number of hydrogen-bond donors (Lipinski definition) is 1. The molecule has 4 nitrogen and oxygen atoms in total. The molecule has 0 aliphatic carbocycles. The van der Waals surface area contributed by atoms with E-state index in [0.29, 0.717) is 12.4 Å². The Morgan fingerprint density at radius 3 is 3.00 bits per heavy atom. The van der Waals surface area contributed by atoms with E-state index in [1.54, 1.807) is 6.07 Å². The molecule has 0 amide bonds. The molecule has 94 valence electrons. The van der Waals surface area contributed by atoms with Crippen molar-refractivity contribution in [2.24, 2.45) is 0 Å². The highest BCUT2D eigenvalue weighted by atomic mass is 32.1. The molecule has 1 N–H and O–H groups in total. The van der Waals surface area contributed by atoms with Gasteiger partial charge in [0.15, 0.2) is 4.88 Å². The van der Waals surface area contributed by atoms with Crippen molar-refractivity contribution in [1.82, 2.24) is 0 Å². The Hall–Kier alpha value is -1.07. The minimum Gasteiger partial charge on any atom is -0.489 e. The van der Waals surface area contributed by atoms with E-state index in [4.69, 9.17) is 14.6 Å². The van der Waals surface area contributed by atoms with E-state index in [-0.39, 0.29) is 17.1 Å². The lowest BCUT2D eigenvalue weighted by Crippen LogP contribution is -2.18. The number of thiophene rings is 1. The third-order valence-electron chi connectivity index (χ3n) is 2.76. The van der Waals surface area contributed by atoms with E-state index >= 15 is 0 Å². The van der Waals surface area contributed by atoms with Crippen molar-refractivity contribution in [3.05, 3.63) is 15.8 Å². The molecule has 2 unspecified atom stereocenters. The van der Waals surface area contributed by atoms with Crippen LogP contribution in [-0.2, 0) is 4.74 Å². The highest BCUT2D eigenvalue weighted by Crippen LogP contribution is 2.29. The van der Waals surface area contributed by atoms with Crippen LogP contribution in [0.2, 0.25) is 0 Å². The van der Waals surface area contributed by atoms with Crippen LogP contribution in [0, 0.1) is 6.92 Å². The topological polar surface area (TPSA) is 55.8 Å². The molecule has 1 saturated heterocycles. The fourth-order valence-electron chi connectivity index (χ4n) is 1.94. The number of hydrogen-bond acceptors (Lipinski definition) is 4. The van der Waals surface area contributed by atoms with Crippen LogP contribution < -0.4 is 4.74 Å². The summed E-state index contributed by atoms with van der Waals surface area (Å²) in [5.41, 5.74) is 0. The zero-order valence-electron chi connectivity index (χ0n) is 9.93. The van der Waals surface area contributed by atoms with E-state index < -0.39 is 5.97 Å². The quantitative estimate of drug-likeness (QED) is 0.900. The molecule has 1 aliphatic heterocycles. The Morgan fingerprint density at radius 2 is 2.41 bits per heavy atom. The van der Waals surface area contributed by atoms with E-state index in [2.05, 4.69) is 0 Å². The van der Waals surface area contributed by atoms with Crippen LogP contribution >= 0.6 is 11.3 Å². The van der Waals surface area contributed by atoms with Crippen molar-refractivity contribution >= 4 is 17.3 Å². The molecule has 2 rings (SSSR count). The number of carboxylic acid groups (broad SMARTS) is 1. The van der Waals surface area contributed by atoms with Crippen molar-refractivity contribution in [1.29, 1.82) is 0 Å². The first kappa shape index (κ1) is 12.4. The minimum absolute atomic E-state index is 0.0897. The molecule has 1 aliphatic rings. The molecule has 0 aromatic carbocycles. The predicted octanol–water partition coefficient (Wildman–Crippen LogP) is 2.70. The number of carboxylic acids is 1. The molecule has 17 heavy (non-hydrogen) atoms. The molecule has 5 heteroatoms. The van der Waals surface area contributed by atoms with Crippen molar-refractivity contribution in [3.8, 4) is 5.75 Å². The summed E-state index contributed by atoms with van der Waals surface area (Å²) >= 11 is 1.24. The zero-order valence-corrected chi connectivity index (χ0v) is 10.8. The van der Waals surface area contributed by atoms with Gasteiger partial charge in [-0.2, -0.15) is 0 Å². The minimum atomic E-state index is -0.932. The fourth-order valence-corrected chi connectivity index (χ4v) is 2.73. The van der Waals surface area contributed by atoms with Crippen LogP contribution in [0.5, 0.6) is 5.75 Å². The van der Waals surface area contributed by atoms with Gasteiger partial charge in [0.25, 0.3) is 0 Å². The highest BCUT2D eigenvalue weighted by Gasteiger charge is 2.23. The zero-order chi connectivity index (χ0) is 12.4. The van der Waals surface area contributed by atoms with Crippen LogP contribution in [0.3, 0.4) is 0 Å². The standard InChI is InChI=1S/C12H16O4S/c1-7-3-4-9(16-7)6-15-10-5-8(2)17-11(10)12(13)14/h5,7,9H,3-4,6H2,1-2H3,(H,13,14). The van der Waals surface area contributed by atoms with Gasteiger partial charge >= 0.3 is 5.97 Å². The first-order valence-corrected chi connectivity index (χ1v) is 6.50. The van der Waals surface area contributed by atoms with Gasteiger partial charge < -0.3 is 14.6 Å². The van der Waals surface area contributed by atoms with Gasteiger partial charge in [0, 0.05) is 4.88 Å². The predicted molar refractivity (Wildman–Crippen MR) is 65.1 cm³/mol. The maximum absolute atomic E-state index is 11.0. The average Bonchev–Trinajstić information content (AvgIpc) is 2.82. The second kappa shape index (κ2) is 5.06.